The quantitative estimate of drug-likeness (QED) is 0.806. The molecule has 1 saturated heterocycles. The molecule has 14 heavy (non-hydrogen) atoms. The Morgan fingerprint density at radius 3 is 2.86 bits per heavy atom. The predicted molar refractivity (Wildman–Crippen MR) is 69.6 cm³/mol. The minimum absolute atomic E-state index is 0.263. The fraction of sp³-hybridized carbons (Fsp3) is 0.900. The van der Waals surface area contributed by atoms with Crippen LogP contribution in [0.4, 0.5) is 0 Å². The number of rotatable bonds is 4. The zero-order valence-corrected chi connectivity index (χ0v) is 11.1. The minimum atomic E-state index is 0.263. The van der Waals surface area contributed by atoms with Gasteiger partial charge in [-0.2, -0.15) is 11.8 Å². The van der Waals surface area contributed by atoms with Gasteiger partial charge in [-0.1, -0.05) is 18.7 Å². The lowest BCUT2D eigenvalue weighted by molar-refractivity contribution is 0.662. The van der Waals surface area contributed by atoms with Gasteiger partial charge in [0, 0.05) is 16.5 Å². The second-order valence-corrected chi connectivity index (χ2v) is 6.67. The molecule has 4 heteroatoms. The van der Waals surface area contributed by atoms with E-state index in [1.807, 2.05) is 23.5 Å². The maximum absolute atomic E-state index is 4.61. The normalized spacial score (nSPS) is 25.4. The zero-order chi connectivity index (χ0) is 10.6. The van der Waals surface area contributed by atoms with Crippen molar-refractivity contribution < 1.29 is 0 Å². The van der Waals surface area contributed by atoms with Crippen molar-refractivity contribution in [2.45, 2.75) is 38.0 Å². The average Bonchev–Trinajstić information content (AvgIpc) is 2.63. The van der Waals surface area contributed by atoms with Crippen LogP contribution in [-0.4, -0.2) is 34.5 Å². The molecule has 0 aromatic rings. The summed E-state index contributed by atoms with van der Waals surface area (Å²) in [5, 5.41) is 4.58. The molecule has 1 unspecified atom stereocenters. The van der Waals surface area contributed by atoms with E-state index in [4.69, 9.17) is 0 Å². The van der Waals surface area contributed by atoms with Crippen LogP contribution in [-0.2, 0) is 0 Å². The van der Waals surface area contributed by atoms with Gasteiger partial charge in [-0.3, -0.25) is 4.99 Å². The molecule has 0 aromatic carbocycles. The molecular weight excluding hydrogens is 212 g/mol. The molecule has 1 aliphatic rings. The third kappa shape index (κ3) is 3.73. The topological polar surface area (TPSA) is 24.4 Å². The maximum Gasteiger partial charge on any atom is 0.156 e. The minimum Gasteiger partial charge on any atom is -0.361 e. The summed E-state index contributed by atoms with van der Waals surface area (Å²) < 4.78 is 0.263. The Bertz CT molecular complexity index is 214. The molecule has 0 spiro atoms. The predicted octanol–water partition coefficient (Wildman–Crippen LogP) is 2.60. The van der Waals surface area contributed by atoms with Gasteiger partial charge in [-0.25, -0.2) is 0 Å². The van der Waals surface area contributed by atoms with E-state index in [9.17, 15) is 0 Å². The number of nitrogens with one attached hydrogen (secondary N) is 1. The fourth-order valence-electron chi connectivity index (χ4n) is 1.08. The van der Waals surface area contributed by atoms with Crippen molar-refractivity contribution in [1.29, 1.82) is 0 Å². The summed E-state index contributed by atoms with van der Waals surface area (Å²) in [5.41, 5.74) is 0. The second-order valence-electron chi connectivity index (χ2n) is 4.15. The largest absolute Gasteiger partial charge is 0.361 e. The highest BCUT2D eigenvalue weighted by Gasteiger charge is 2.20. The molecule has 1 aliphatic heterocycles. The number of hydrogen-bond donors (Lipinski definition) is 1. The highest BCUT2D eigenvalue weighted by Crippen LogP contribution is 2.23. The van der Waals surface area contributed by atoms with E-state index >= 15 is 0 Å². The molecule has 0 saturated carbocycles. The van der Waals surface area contributed by atoms with E-state index in [0.29, 0.717) is 6.04 Å². The maximum atomic E-state index is 4.61. The van der Waals surface area contributed by atoms with Gasteiger partial charge in [0.05, 0.1) is 6.54 Å². The third-order valence-electron chi connectivity index (χ3n) is 2.40. The van der Waals surface area contributed by atoms with Gasteiger partial charge in [0.2, 0.25) is 0 Å². The van der Waals surface area contributed by atoms with Gasteiger partial charge in [0.15, 0.2) is 5.17 Å². The van der Waals surface area contributed by atoms with E-state index in [0.717, 1.165) is 11.7 Å². The van der Waals surface area contributed by atoms with Crippen molar-refractivity contribution in [2.75, 3.05) is 18.6 Å². The van der Waals surface area contributed by atoms with Crippen LogP contribution < -0.4 is 5.32 Å². The monoisotopic (exact) mass is 232 g/mol. The highest BCUT2D eigenvalue weighted by atomic mass is 32.2. The summed E-state index contributed by atoms with van der Waals surface area (Å²) in [6.07, 6.45) is 3.34. The summed E-state index contributed by atoms with van der Waals surface area (Å²) in [4.78, 5) is 4.61. The molecule has 1 heterocycles. The van der Waals surface area contributed by atoms with E-state index in [1.54, 1.807) is 0 Å². The van der Waals surface area contributed by atoms with Crippen LogP contribution in [0.25, 0.3) is 0 Å². The molecule has 0 amide bonds. The smallest absolute Gasteiger partial charge is 0.156 e. The summed E-state index contributed by atoms with van der Waals surface area (Å²) in [6, 6.07) is 0.635. The van der Waals surface area contributed by atoms with Crippen molar-refractivity contribution in [3.8, 4) is 0 Å². The van der Waals surface area contributed by atoms with E-state index in [1.165, 1.54) is 12.2 Å². The Labute approximate surface area is 95.7 Å². The first-order valence-electron chi connectivity index (χ1n) is 5.06. The summed E-state index contributed by atoms with van der Waals surface area (Å²) in [6.45, 7) is 7.59. The molecule has 1 atom stereocenters. The molecule has 1 fully saturated rings. The first kappa shape index (κ1) is 12.2. The highest BCUT2D eigenvalue weighted by molar-refractivity contribution is 8.14. The van der Waals surface area contributed by atoms with Crippen LogP contribution in [0.15, 0.2) is 4.99 Å². The summed E-state index contributed by atoms with van der Waals surface area (Å²) >= 11 is 3.73. The van der Waals surface area contributed by atoms with Gasteiger partial charge in [-0.15, -0.1) is 0 Å². The Kier molecular flexibility index (Phi) is 4.64. The van der Waals surface area contributed by atoms with Gasteiger partial charge in [-0.05, 0) is 26.5 Å². The standard InChI is InChI=1S/C10H20N2S2/c1-5-8-6-14-9(12-8)11-7-10(2,3)13-4/h8H,5-7H2,1-4H3,(H,11,12). The number of aliphatic imine (C=N–C) groups is 1. The van der Waals surface area contributed by atoms with Crippen LogP contribution in [0.3, 0.4) is 0 Å². The Hall–Kier alpha value is 0.170. The Balaban J connectivity index is 2.39. The average molecular weight is 232 g/mol. The van der Waals surface area contributed by atoms with E-state index < -0.39 is 0 Å². The van der Waals surface area contributed by atoms with E-state index in [2.05, 4.69) is 37.3 Å². The van der Waals surface area contributed by atoms with Crippen molar-refractivity contribution in [3.63, 3.8) is 0 Å². The molecule has 82 valence electrons. The lowest BCUT2D eigenvalue weighted by Crippen LogP contribution is -2.27. The second kappa shape index (κ2) is 5.31. The Morgan fingerprint density at radius 2 is 2.36 bits per heavy atom. The van der Waals surface area contributed by atoms with Crippen molar-refractivity contribution in [3.05, 3.63) is 0 Å². The van der Waals surface area contributed by atoms with Crippen LogP contribution in [0.2, 0.25) is 0 Å². The zero-order valence-electron chi connectivity index (χ0n) is 9.46. The van der Waals surface area contributed by atoms with Crippen molar-refractivity contribution >= 4 is 28.7 Å². The molecule has 2 nitrogen and oxygen atoms in total. The number of hydrogen-bond acceptors (Lipinski definition) is 3. The van der Waals surface area contributed by atoms with Crippen LogP contribution in [0.5, 0.6) is 0 Å². The van der Waals surface area contributed by atoms with Gasteiger partial charge < -0.3 is 5.32 Å². The lowest BCUT2D eigenvalue weighted by Gasteiger charge is -2.19. The fourth-order valence-corrected chi connectivity index (χ4v) is 2.35. The van der Waals surface area contributed by atoms with E-state index in [-0.39, 0.29) is 4.75 Å². The van der Waals surface area contributed by atoms with Crippen LogP contribution >= 0.6 is 23.5 Å². The Morgan fingerprint density at radius 1 is 1.64 bits per heavy atom. The van der Waals surface area contributed by atoms with Crippen LogP contribution in [0, 0.1) is 0 Å². The number of amidine groups is 1. The third-order valence-corrected chi connectivity index (χ3v) is 4.72. The molecule has 0 radical (unpaired) electrons. The first-order valence-corrected chi connectivity index (χ1v) is 7.27. The SMILES string of the molecule is CCC1CSC(=NCC(C)(C)SC)N1. The number of thioether (sulfide) groups is 2. The summed E-state index contributed by atoms with van der Waals surface area (Å²) in [5.74, 6) is 1.18. The van der Waals surface area contributed by atoms with Crippen molar-refractivity contribution in [1.82, 2.24) is 5.32 Å². The lowest BCUT2D eigenvalue weighted by atomic mass is 10.2. The van der Waals surface area contributed by atoms with Gasteiger partial charge >= 0.3 is 0 Å². The molecule has 0 bridgehead atoms. The molecular formula is C10H20N2S2. The van der Waals surface area contributed by atoms with Crippen LogP contribution in [0.1, 0.15) is 27.2 Å². The first-order chi connectivity index (χ1) is 6.57. The molecule has 1 N–H and O–H groups in total. The summed E-state index contributed by atoms with van der Waals surface area (Å²) in [7, 11) is 0. The van der Waals surface area contributed by atoms with Crippen molar-refractivity contribution in [2.24, 2.45) is 4.99 Å². The molecule has 0 aliphatic carbocycles. The number of nitrogens with zero attached hydrogens (tertiary/aromatic N) is 1. The molecule has 1 rings (SSSR count). The van der Waals surface area contributed by atoms with Gasteiger partial charge in [0.25, 0.3) is 0 Å². The van der Waals surface area contributed by atoms with Gasteiger partial charge in [0.1, 0.15) is 0 Å². The molecule has 0 aromatic heterocycles.